The van der Waals surface area contributed by atoms with Gasteiger partial charge in [0, 0.05) is 5.02 Å². The van der Waals surface area contributed by atoms with Crippen molar-refractivity contribution in [3.8, 4) is 0 Å². The molecule has 0 atom stereocenters. The summed E-state index contributed by atoms with van der Waals surface area (Å²) < 4.78 is 0. The Kier molecular flexibility index (Phi) is 4.44. The molecule has 0 spiro atoms. The first-order chi connectivity index (χ1) is 9.51. The van der Waals surface area contributed by atoms with Crippen LogP contribution < -0.4 is 16.6 Å². The molecule has 5 nitrogen and oxygen atoms in total. The lowest BCUT2D eigenvalue weighted by Crippen LogP contribution is -2.16. The number of hydrogen-bond acceptors (Lipinski definition) is 4. The van der Waals surface area contributed by atoms with Crippen LogP contribution in [0.3, 0.4) is 0 Å². The van der Waals surface area contributed by atoms with E-state index in [-0.39, 0.29) is 5.69 Å². The number of carbonyl (C=O) groups excluding carboxylic acids is 1. The van der Waals surface area contributed by atoms with Crippen LogP contribution in [0.2, 0.25) is 10.0 Å². The highest BCUT2D eigenvalue weighted by atomic mass is 35.5. The fraction of sp³-hybridized carbons (Fsp3) is 0.0769. The molecule has 1 aromatic heterocycles. The maximum atomic E-state index is 12.1. The second-order valence-electron chi connectivity index (χ2n) is 4.09. The Hall–Kier alpha value is -1.82. The summed E-state index contributed by atoms with van der Waals surface area (Å²) in [5.74, 6) is 5.24. The van der Waals surface area contributed by atoms with E-state index in [0.29, 0.717) is 21.6 Å². The molecular weight excluding hydrogens is 299 g/mol. The summed E-state index contributed by atoms with van der Waals surface area (Å²) >= 11 is 12.1. The summed E-state index contributed by atoms with van der Waals surface area (Å²) in [5.41, 5.74) is 3.86. The van der Waals surface area contributed by atoms with E-state index in [1.54, 1.807) is 30.3 Å². The number of nitrogens with one attached hydrogen (secondary N) is 2. The number of nitrogens with zero attached hydrogens (tertiary/aromatic N) is 1. The third-order valence-electron chi connectivity index (χ3n) is 2.63. The zero-order valence-corrected chi connectivity index (χ0v) is 12.1. The molecule has 2 rings (SSSR count). The van der Waals surface area contributed by atoms with Crippen LogP contribution in [0.25, 0.3) is 0 Å². The van der Waals surface area contributed by atoms with Crippen LogP contribution in [-0.2, 0) is 0 Å². The molecule has 0 saturated heterocycles. The van der Waals surface area contributed by atoms with Crippen LogP contribution in [0.4, 0.5) is 11.5 Å². The SMILES string of the molecule is Cc1cc(Cl)c(NC(=O)c2cccc(NN)n2)cc1Cl. The minimum atomic E-state index is -0.399. The van der Waals surface area contributed by atoms with Crippen LogP contribution >= 0.6 is 23.2 Å². The molecule has 1 aromatic carbocycles. The van der Waals surface area contributed by atoms with Crippen molar-refractivity contribution in [1.82, 2.24) is 4.98 Å². The van der Waals surface area contributed by atoms with Crippen LogP contribution in [0, 0.1) is 6.92 Å². The van der Waals surface area contributed by atoms with Crippen LogP contribution in [0.15, 0.2) is 30.3 Å². The molecule has 0 aliphatic carbocycles. The average Bonchev–Trinajstić information content (AvgIpc) is 2.44. The zero-order chi connectivity index (χ0) is 14.7. The number of hydrazine groups is 1. The Morgan fingerprint density at radius 2 is 2.00 bits per heavy atom. The van der Waals surface area contributed by atoms with Gasteiger partial charge in [0.15, 0.2) is 0 Å². The molecule has 0 aliphatic rings. The number of anilines is 2. The normalized spacial score (nSPS) is 10.2. The first-order valence-corrected chi connectivity index (χ1v) is 6.47. The lowest BCUT2D eigenvalue weighted by Gasteiger charge is -2.09. The number of aromatic nitrogens is 1. The molecule has 2 aromatic rings. The summed E-state index contributed by atoms with van der Waals surface area (Å²) in [6.07, 6.45) is 0. The molecule has 1 heterocycles. The number of aryl methyl sites for hydroxylation is 1. The van der Waals surface area contributed by atoms with Crippen LogP contribution in [0.5, 0.6) is 0 Å². The van der Waals surface area contributed by atoms with Crippen molar-refractivity contribution in [2.24, 2.45) is 5.84 Å². The summed E-state index contributed by atoms with van der Waals surface area (Å²) in [6, 6.07) is 8.17. The minimum absolute atomic E-state index is 0.216. The fourth-order valence-electron chi connectivity index (χ4n) is 1.57. The quantitative estimate of drug-likeness (QED) is 0.600. The molecule has 0 unspecified atom stereocenters. The highest BCUT2D eigenvalue weighted by Gasteiger charge is 2.12. The standard InChI is InChI=1S/C13H12Cl2N4O/c1-7-5-9(15)11(6-8(7)14)18-13(20)10-3-2-4-12(17-10)19-16/h2-6H,16H2,1H3,(H,17,19)(H,18,20). The maximum Gasteiger partial charge on any atom is 0.274 e. The Morgan fingerprint density at radius 3 is 2.70 bits per heavy atom. The van der Waals surface area contributed by atoms with Gasteiger partial charge in [-0.3, -0.25) is 4.79 Å². The second-order valence-corrected chi connectivity index (χ2v) is 4.90. The summed E-state index contributed by atoms with van der Waals surface area (Å²) in [7, 11) is 0. The van der Waals surface area contributed by atoms with E-state index in [1.807, 2.05) is 6.92 Å². The van der Waals surface area contributed by atoms with Gasteiger partial charge >= 0.3 is 0 Å². The number of carbonyl (C=O) groups is 1. The highest BCUT2D eigenvalue weighted by Crippen LogP contribution is 2.29. The van der Waals surface area contributed by atoms with Crippen LogP contribution in [-0.4, -0.2) is 10.9 Å². The molecule has 0 radical (unpaired) electrons. The van der Waals surface area contributed by atoms with Gasteiger partial charge in [0.2, 0.25) is 0 Å². The first-order valence-electron chi connectivity index (χ1n) is 5.72. The number of benzene rings is 1. The Morgan fingerprint density at radius 1 is 1.25 bits per heavy atom. The zero-order valence-electron chi connectivity index (χ0n) is 10.6. The van der Waals surface area contributed by atoms with E-state index in [9.17, 15) is 4.79 Å². The topological polar surface area (TPSA) is 80.0 Å². The second kappa shape index (κ2) is 6.09. The van der Waals surface area contributed by atoms with Gasteiger partial charge in [0.25, 0.3) is 5.91 Å². The van der Waals surface area contributed by atoms with E-state index in [1.165, 1.54) is 0 Å². The number of nitrogens with two attached hydrogens (primary N) is 1. The van der Waals surface area contributed by atoms with Crippen molar-refractivity contribution in [3.63, 3.8) is 0 Å². The number of amides is 1. The van der Waals surface area contributed by atoms with Gasteiger partial charge in [-0.25, -0.2) is 10.8 Å². The molecule has 20 heavy (non-hydrogen) atoms. The fourth-order valence-corrected chi connectivity index (χ4v) is 2.00. The Balaban J connectivity index is 2.25. The van der Waals surface area contributed by atoms with E-state index in [0.717, 1.165) is 5.56 Å². The Labute approximate surface area is 126 Å². The maximum absolute atomic E-state index is 12.1. The van der Waals surface area contributed by atoms with Crippen molar-refractivity contribution in [3.05, 3.63) is 51.6 Å². The van der Waals surface area contributed by atoms with Gasteiger partial charge in [-0.05, 0) is 36.8 Å². The number of nitrogen functional groups attached to an aromatic ring is 1. The largest absolute Gasteiger partial charge is 0.319 e. The molecule has 0 fully saturated rings. The van der Waals surface area contributed by atoms with Crippen molar-refractivity contribution in [2.75, 3.05) is 10.7 Å². The van der Waals surface area contributed by atoms with Crippen LogP contribution in [0.1, 0.15) is 16.1 Å². The predicted molar refractivity (Wildman–Crippen MR) is 81.2 cm³/mol. The monoisotopic (exact) mass is 310 g/mol. The van der Waals surface area contributed by atoms with Gasteiger partial charge in [-0.2, -0.15) is 0 Å². The average molecular weight is 311 g/mol. The summed E-state index contributed by atoms with van der Waals surface area (Å²) in [5, 5.41) is 3.59. The molecule has 0 saturated carbocycles. The predicted octanol–water partition coefficient (Wildman–Crippen LogP) is 3.23. The smallest absolute Gasteiger partial charge is 0.274 e. The lowest BCUT2D eigenvalue weighted by atomic mass is 10.2. The molecular formula is C13H12Cl2N4O. The molecule has 4 N–H and O–H groups in total. The number of rotatable bonds is 3. The van der Waals surface area contributed by atoms with Gasteiger partial charge in [-0.15, -0.1) is 0 Å². The third kappa shape index (κ3) is 3.19. The lowest BCUT2D eigenvalue weighted by molar-refractivity contribution is 0.102. The van der Waals surface area contributed by atoms with E-state index in [2.05, 4.69) is 15.7 Å². The molecule has 104 valence electrons. The Bertz CT molecular complexity index is 661. The van der Waals surface area contributed by atoms with Crippen molar-refractivity contribution in [1.29, 1.82) is 0 Å². The number of pyridine rings is 1. The van der Waals surface area contributed by atoms with E-state index in [4.69, 9.17) is 29.0 Å². The summed E-state index contributed by atoms with van der Waals surface area (Å²) in [6.45, 7) is 1.83. The molecule has 1 amide bonds. The van der Waals surface area contributed by atoms with Crippen molar-refractivity contribution >= 4 is 40.6 Å². The molecule has 0 bridgehead atoms. The molecule has 7 heteroatoms. The van der Waals surface area contributed by atoms with Gasteiger partial charge in [-0.1, -0.05) is 29.3 Å². The van der Waals surface area contributed by atoms with E-state index >= 15 is 0 Å². The third-order valence-corrected chi connectivity index (χ3v) is 3.35. The van der Waals surface area contributed by atoms with E-state index < -0.39 is 5.91 Å². The van der Waals surface area contributed by atoms with Gasteiger partial charge in [0.05, 0.1) is 10.7 Å². The number of hydrogen-bond donors (Lipinski definition) is 3. The highest BCUT2D eigenvalue weighted by molar-refractivity contribution is 6.36. The number of halogens is 2. The van der Waals surface area contributed by atoms with Crippen molar-refractivity contribution in [2.45, 2.75) is 6.92 Å². The van der Waals surface area contributed by atoms with Gasteiger partial charge < -0.3 is 10.7 Å². The first kappa shape index (κ1) is 14.6. The minimum Gasteiger partial charge on any atom is -0.319 e. The molecule has 0 aliphatic heterocycles. The van der Waals surface area contributed by atoms with Crippen molar-refractivity contribution < 1.29 is 4.79 Å². The summed E-state index contributed by atoms with van der Waals surface area (Å²) in [4.78, 5) is 16.1. The van der Waals surface area contributed by atoms with Gasteiger partial charge in [0.1, 0.15) is 11.5 Å².